The van der Waals surface area contributed by atoms with Gasteiger partial charge in [0.15, 0.2) is 0 Å². The summed E-state index contributed by atoms with van der Waals surface area (Å²) in [6, 6.07) is 6.62. The predicted molar refractivity (Wildman–Crippen MR) is 103 cm³/mol. The van der Waals surface area contributed by atoms with Gasteiger partial charge in [0.05, 0.1) is 11.3 Å². The van der Waals surface area contributed by atoms with Crippen LogP contribution in [0.25, 0.3) is 0 Å². The molecule has 0 aromatic heterocycles. The predicted octanol–water partition coefficient (Wildman–Crippen LogP) is 1.88. The average molecular weight is 397 g/mol. The molecule has 1 amide bonds. The standard InChI is InChI=1S/C19H28N2O5S/c1-14(2)13-27(25,26)21-11-9-16(10-12-21)20-18(22)8-7-15-5-3-4-6-17(15)19(23)24/h3-6,14,16H,7-13H2,1-2H3,(H,20,22)(H,23,24). The first-order valence-electron chi connectivity index (χ1n) is 9.27. The summed E-state index contributed by atoms with van der Waals surface area (Å²) in [5, 5.41) is 12.1. The van der Waals surface area contributed by atoms with E-state index >= 15 is 0 Å². The molecule has 0 aliphatic carbocycles. The summed E-state index contributed by atoms with van der Waals surface area (Å²) in [6.45, 7) is 4.60. The first-order valence-corrected chi connectivity index (χ1v) is 10.9. The Morgan fingerprint density at radius 2 is 1.85 bits per heavy atom. The second-order valence-electron chi connectivity index (χ2n) is 7.38. The monoisotopic (exact) mass is 396 g/mol. The van der Waals surface area contributed by atoms with Gasteiger partial charge >= 0.3 is 5.97 Å². The van der Waals surface area contributed by atoms with Gasteiger partial charge in [-0.25, -0.2) is 17.5 Å². The number of amides is 1. The molecule has 0 saturated carbocycles. The van der Waals surface area contributed by atoms with Crippen LogP contribution in [0.15, 0.2) is 24.3 Å². The highest BCUT2D eigenvalue weighted by molar-refractivity contribution is 7.89. The summed E-state index contributed by atoms with van der Waals surface area (Å²) < 4.78 is 26.0. The van der Waals surface area contributed by atoms with E-state index in [0.29, 0.717) is 37.9 Å². The number of carbonyl (C=O) groups is 2. The second kappa shape index (κ2) is 9.32. The highest BCUT2D eigenvalue weighted by Gasteiger charge is 2.29. The number of sulfonamides is 1. The molecular formula is C19H28N2O5S. The van der Waals surface area contributed by atoms with Crippen molar-refractivity contribution in [2.24, 2.45) is 5.92 Å². The summed E-state index contributed by atoms with van der Waals surface area (Å²) in [5.41, 5.74) is 0.851. The lowest BCUT2D eigenvalue weighted by Gasteiger charge is -2.32. The molecule has 0 atom stereocenters. The zero-order valence-electron chi connectivity index (χ0n) is 15.8. The Morgan fingerprint density at radius 3 is 2.44 bits per heavy atom. The molecule has 150 valence electrons. The molecule has 0 unspecified atom stereocenters. The average Bonchev–Trinajstić information content (AvgIpc) is 2.59. The maximum Gasteiger partial charge on any atom is 0.335 e. The molecule has 27 heavy (non-hydrogen) atoms. The summed E-state index contributed by atoms with van der Waals surface area (Å²) >= 11 is 0. The number of carboxylic acids is 1. The Hall–Kier alpha value is -1.93. The van der Waals surface area contributed by atoms with Crippen LogP contribution in [0.5, 0.6) is 0 Å². The third kappa shape index (κ3) is 6.32. The van der Waals surface area contributed by atoms with Gasteiger partial charge in [-0.05, 0) is 36.8 Å². The van der Waals surface area contributed by atoms with E-state index in [-0.39, 0.29) is 35.6 Å². The van der Waals surface area contributed by atoms with Gasteiger partial charge in [0.2, 0.25) is 15.9 Å². The first kappa shape index (κ1) is 21.4. The van der Waals surface area contributed by atoms with Crippen LogP contribution in [0.1, 0.15) is 49.0 Å². The lowest BCUT2D eigenvalue weighted by atomic mass is 10.0. The van der Waals surface area contributed by atoms with Gasteiger partial charge < -0.3 is 10.4 Å². The molecule has 7 nitrogen and oxygen atoms in total. The summed E-state index contributed by atoms with van der Waals surface area (Å²) in [5.74, 6) is -0.909. The fourth-order valence-electron chi connectivity index (χ4n) is 3.30. The van der Waals surface area contributed by atoms with Crippen molar-refractivity contribution in [2.75, 3.05) is 18.8 Å². The van der Waals surface area contributed by atoms with Crippen LogP contribution in [0.2, 0.25) is 0 Å². The number of nitrogens with zero attached hydrogens (tertiary/aromatic N) is 1. The van der Waals surface area contributed by atoms with Gasteiger partial charge in [0.25, 0.3) is 0 Å². The second-order valence-corrected chi connectivity index (χ2v) is 9.39. The number of nitrogens with one attached hydrogen (secondary N) is 1. The fourth-order valence-corrected chi connectivity index (χ4v) is 5.12. The van der Waals surface area contributed by atoms with E-state index in [4.69, 9.17) is 0 Å². The zero-order chi connectivity index (χ0) is 20.0. The lowest BCUT2D eigenvalue weighted by Crippen LogP contribution is -2.47. The van der Waals surface area contributed by atoms with Crippen molar-refractivity contribution in [3.63, 3.8) is 0 Å². The number of hydrogen-bond acceptors (Lipinski definition) is 4. The van der Waals surface area contributed by atoms with Crippen LogP contribution in [-0.4, -0.2) is 54.6 Å². The summed E-state index contributed by atoms with van der Waals surface area (Å²) in [7, 11) is -3.23. The zero-order valence-corrected chi connectivity index (χ0v) is 16.7. The molecule has 1 aromatic rings. The van der Waals surface area contributed by atoms with Gasteiger partial charge in [-0.15, -0.1) is 0 Å². The topological polar surface area (TPSA) is 104 Å². The van der Waals surface area contributed by atoms with Crippen molar-refractivity contribution < 1.29 is 23.1 Å². The van der Waals surface area contributed by atoms with Crippen LogP contribution in [0.3, 0.4) is 0 Å². The fraction of sp³-hybridized carbons (Fsp3) is 0.579. The van der Waals surface area contributed by atoms with E-state index in [0.717, 1.165) is 0 Å². The highest BCUT2D eigenvalue weighted by Crippen LogP contribution is 2.17. The number of hydrogen-bond donors (Lipinski definition) is 2. The van der Waals surface area contributed by atoms with Gasteiger partial charge in [-0.2, -0.15) is 0 Å². The van der Waals surface area contributed by atoms with Crippen molar-refractivity contribution in [2.45, 2.75) is 45.6 Å². The number of rotatable bonds is 8. The minimum Gasteiger partial charge on any atom is -0.478 e. The van der Waals surface area contributed by atoms with Crippen LogP contribution in [-0.2, 0) is 21.2 Å². The number of carboxylic acid groups (broad SMARTS) is 1. The van der Waals surface area contributed by atoms with E-state index in [1.54, 1.807) is 18.2 Å². The van der Waals surface area contributed by atoms with Gasteiger partial charge in [-0.1, -0.05) is 32.0 Å². The normalized spacial score (nSPS) is 16.4. The van der Waals surface area contributed by atoms with E-state index in [9.17, 15) is 23.1 Å². The van der Waals surface area contributed by atoms with E-state index in [2.05, 4.69) is 5.32 Å². The number of benzene rings is 1. The maximum absolute atomic E-state index is 12.3. The third-order valence-electron chi connectivity index (χ3n) is 4.63. The van der Waals surface area contributed by atoms with Crippen molar-refractivity contribution in [1.29, 1.82) is 0 Å². The largest absolute Gasteiger partial charge is 0.478 e. The van der Waals surface area contributed by atoms with E-state index in [1.165, 1.54) is 10.4 Å². The van der Waals surface area contributed by atoms with Crippen molar-refractivity contribution in [3.8, 4) is 0 Å². The molecule has 1 saturated heterocycles. The molecule has 0 spiro atoms. The Bertz CT molecular complexity index is 768. The molecule has 2 rings (SSSR count). The number of aromatic carboxylic acids is 1. The lowest BCUT2D eigenvalue weighted by molar-refractivity contribution is -0.122. The quantitative estimate of drug-likeness (QED) is 0.698. The Labute approximate surface area is 160 Å². The molecule has 8 heteroatoms. The smallest absolute Gasteiger partial charge is 0.335 e. The van der Waals surface area contributed by atoms with Crippen LogP contribution < -0.4 is 5.32 Å². The molecule has 0 radical (unpaired) electrons. The van der Waals surface area contributed by atoms with E-state index in [1.807, 2.05) is 13.8 Å². The molecule has 1 aliphatic heterocycles. The maximum atomic E-state index is 12.3. The molecule has 2 N–H and O–H groups in total. The van der Waals surface area contributed by atoms with Crippen molar-refractivity contribution in [1.82, 2.24) is 9.62 Å². The third-order valence-corrected chi connectivity index (χ3v) is 6.87. The summed E-state index contributed by atoms with van der Waals surface area (Å²) in [6.07, 6.45) is 1.75. The number of piperidine rings is 1. The first-order chi connectivity index (χ1) is 12.7. The van der Waals surface area contributed by atoms with Gasteiger partial charge in [0, 0.05) is 25.6 Å². The Balaban J connectivity index is 1.81. The minimum atomic E-state index is -3.23. The highest BCUT2D eigenvalue weighted by atomic mass is 32.2. The number of aryl methyl sites for hydroxylation is 1. The molecule has 1 aromatic carbocycles. The van der Waals surface area contributed by atoms with E-state index < -0.39 is 16.0 Å². The van der Waals surface area contributed by atoms with Crippen LogP contribution >= 0.6 is 0 Å². The van der Waals surface area contributed by atoms with Crippen molar-refractivity contribution >= 4 is 21.9 Å². The molecule has 1 fully saturated rings. The van der Waals surface area contributed by atoms with Gasteiger partial charge in [0.1, 0.15) is 0 Å². The van der Waals surface area contributed by atoms with Gasteiger partial charge in [-0.3, -0.25) is 4.79 Å². The molecular weight excluding hydrogens is 368 g/mol. The van der Waals surface area contributed by atoms with Crippen molar-refractivity contribution in [3.05, 3.63) is 35.4 Å². The Morgan fingerprint density at radius 1 is 1.22 bits per heavy atom. The minimum absolute atomic E-state index is 0.0438. The number of carbonyl (C=O) groups excluding carboxylic acids is 1. The van der Waals surface area contributed by atoms with Crippen LogP contribution in [0.4, 0.5) is 0 Å². The summed E-state index contributed by atoms with van der Waals surface area (Å²) in [4.78, 5) is 23.4. The SMILES string of the molecule is CC(C)CS(=O)(=O)N1CCC(NC(=O)CCc2ccccc2C(=O)O)CC1. The van der Waals surface area contributed by atoms with Crippen LogP contribution in [0, 0.1) is 5.92 Å². The molecule has 1 heterocycles. The molecule has 1 aliphatic rings. The Kier molecular flexibility index (Phi) is 7.38. The molecule has 0 bridgehead atoms.